The molecule has 20 heavy (non-hydrogen) atoms. The number of nitrogens with one attached hydrogen (secondary N) is 1. The Morgan fingerprint density at radius 1 is 1.05 bits per heavy atom. The summed E-state index contributed by atoms with van der Waals surface area (Å²) in [4.78, 5) is 24.6. The molecule has 1 N–H and O–H groups in total. The van der Waals surface area contributed by atoms with Gasteiger partial charge in [0.2, 0.25) is 0 Å². The van der Waals surface area contributed by atoms with Gasteiger partial charge in [0.1, 0.15) is 0 Å². The van der Waals surface area contributed by atoms with Crippen molar-refractivity contribution in [2.24, 2.45) is 11.8 Å². The first-order valence-corrected chi connectivity index (χ1v) is 7.43. The zero-order valence-electron chi connectivity index (χ0n) is 10.7. The highest BCUT2D eigenvalue weighted by Crippen LogP contribution is 2.38. The van der Waals surface area contributed by atoms with E-state index >= 15 is 0 Å². The molecule has 0 spiro atoms. The first-order chi connectivity index (χ1) is 9.58. The molecule has 0 bridgehead atoms. The van der Waals surface area contributed by atoms with Gasteiger partial charge in [-0.15, -0.1) is 0 Å². The van der Waals surface area contributed by atoms with Gasteiger partial charge in [-0.2, -0.15) is 5.01 Å². The van der Waals surface area contributed by atoms with Crippen molar-refractivity contribution in [1.29, 1.82) is 0 Å². The fourth-order valence-corrected chi connectivity index (χ4v) is 3.42. The monoisotopic (exact) mass is 312 g/mol. The van der Waals surface area contributed by atoms with Gasteiger partial charge in [0.15, 0.2) is 0 Å². The molecule has 0 radical (unpaired) electrons. The zero-order chi connectivity index (χ0) is 14.3. The van der Waals surface area contributed by atoms with Gasteiger partial charge >= 0.3 is 0 Å². The molecule has 0 aromatic heterocycles. The minimum Gasteiger partial charge on any atom is -0.287 e. The molecule has 2 atom stereocenters. The highest BCUT2D eigenvalue weighted by molar-refractivity contribution is 6.36. The lowest BCUT2D eigenvalue weighted by atomic mass is 9.81. The third-order valence-corrected chi connectivity index (χ3v) is 4.55. The van der Waals surface area contributed by atoms with Crippen molar-refractivity contribution < 1.29 is 9.59 Å². The molecule has 1 saturated carbocycles. The standard InChI is InChI=1S/C14H14Cl2N2O2/c15-8-5-6-12(11(16)7-8)17-18-13(19)9-3-1-2-4-10(9)14(18)20/h5-7,9-10,17H,1-4H2. The van der Waals surface area contributed by atoms with Crippen molar-refractivity contribution in [3.63, 3.8) is 0 Å². The molecule has 2 amide bonds. The number of hydrogen-bond acceptors (Lipinski definition) is 3. The minimum atomic E-state index is -0.171. The average molecular weight is 313 g/mol. The predicted molar refractivity (Wildman–Crippen MR) is 77.4 cm³/mol. The summed E-state index contributed by atoms with van der Waals surface area (Å²) in [6.07, 6.45) is 3.61. The number of fused-ring (bicyclic) bond motifs is 1. The second-order valence-corrected chi connectivity index (χ2v) is 6.09. The summed E-state index contributed by atoms with van der Waals surface area (Å²) < 4.78 is 0. The average Bonchev–Trinajstić information content (AvgIpc) is 2.67. The van der Waals surface area contributed by atoms with Crippen LogP contribution in [0.5, 0.6) is 0 Å². The van der Waals surface area contributed by atoms with Gasteiger partial charge in [0.05, 0.1) is 22.5 Å². The Morgan fingerprint density at radius 3 is 2.20 bits per heavy atom. The highest BCUT2D eigenvalue weighted by atomic mass is 35.5. The number of carbonyl (C=O) groups is 2. The number of halogens is 2. The van der Waals surface area contributed by atoms with Crippen LogP contribution >= 0.6 is 23.2 Å². The van der Waals surface area contributed by atoms with E-state index in [-0.39, 0.29) is 23.7 Å². The summed E-state index contributed by atoms with van der Waals surface area (Å²) in [6, 6.07) is 4.89. The summed E-state index contributed by atoms with van der Waals surface area (Å²) in [5.74, 6) is -0.638. The number of carbonyl (C=O) groups excluding carboxylic acids is 2. The van der Waals surface area contributed by atoms with Gasteiger partial charge in [-0.05, 0) is 31.0 Å². The number of imide groups is 1. The summed E-state index contributed by atoms with van der Waals surface area (Å²) in [7, 11) is 0. The fourth-order valence-electron chi connectivity index (χ4n) is 2.97. The molecule has 1 aromatic rings. The van der Waals surface area contributed by atoms with Crippen molar-refractivity contribution >= 4 is 40.7 Å². The fraction of sp³-hybridized carbons (Fsp3) is 0.429. The Labute approximate surface area is 127 Å². The van der Waals surface area contributed by atoms with E-state index in [1.807, 2.05) is 0 Å². The Kier molecular flexibility index (Phi) is 3.61. The van der Waals surface area contributed by atoms with Crippen LogP contribution in [0, 0.1) is 11.8 Å². The normalized spacial score (nSPS) is 25.8. The molecular weight excluding hydrogens is 299 g/mol. The first kappa shape index (κ1) is 13.7. The molecule has 106 valence electrons. The van der Waals surface area contributed by atoms with Crippen molar-refractivity contribution in [3.05, 3.63) is 28.2 Å². The van der Waals surface area contributed by atoms with Crippen LogP contribution in [-0.2, 0) is 9.59 Å². The van der Waals surface area contributed by atoms with Gasteiger partial charge in [-0.1, -0.05) is 36.0 Å². The van der Waals surface area contributed by atoms with E-state index in [2.05, 4.69) is 5.43 Å². The van der Waals surface area contributed by atoms with E-state index < -0.39 is 0 Å². The van der Waals surface area contributed by atoms with Gasteiger partial charge in [0.25, 0.3) is 11.8 Å². The van der Waals surface area contributed by atoms with Crippen LogP contribution in [0.25, 0.3) is 0 Å². The molecule has 1 aliphatic heterocycles. The largest absolute Gasteiger partial charge is 0.287 e. The molecular formula is C14H14Cl2N2O2. The van der Waals surface area contributed by atoms with Crippen molar-refractivity contribution in [2.75, 3.05) is 5.43 Å². The lowest BCUT2D eigenvalue weighted by Crippen LogP contribution is -2.36. The smallest absolute Gasteiger partial charge is 0.252 e. The molecule has 1 aromatic carbocycles. The quantitative estimate of drug-likeness (QED) is 0.850. The maximum atomic E-state index is 12.3. The van der Waals surface area contributed by atoms with E-state index in [1.54, 1.807) is 18.2 Å². The lowest BCUT2D eigenvalue weighted by Gasteiger charge is -2.19. The maximum absolute atomic E-state index is 12.3. The first-order valence-electron chi connectivity index (χ1n) is 6.67. The van der Waals surface area contributed by atoms with Crippen molar-refractivity contribution in [2.45, 2.75) is 25.7 Å². The maximum Gasteiger partial charge on any atom is 0.252 e. The number of hydrazine groups is 1. The molecule has 3 rings (SSSR count). The van der Waals surface area contributed by atoms with Crippen molar-refractivity contribution in [3.8, 4) is 0 Å². The van der Waals surface area contributed by atoms with Gasteiger partial charge in [0, 0.05) is 5.02 Å². The predicted octanol–water partition coefficient (Wildman–Crippen LogP) is 3.50. The number of amides is 2. The molecule has 1 heterocycles. The second-order valence-electron chi connectivity index (χ2n) is 5.25. The second kappa shape index (κ2) is 5.26. The SMILES string of the molecule is O=C1C2CCCCC2C(=O)N1Nc1ccc(Cl)cc1Cl. The van der Waals surface area contributed by atoms with E-state index in [9.17, 15) is 9.59 Å². The third-order valence-electron chi connectivity index (χ3n) is 4.00. The van der Waals surface area contributed by atoms with Crippen LogP contribution in [-0.4, -0.2) is 16.8 Å². The number of nitrogens with zero attached hydrogens (tertiary/aromatic N) is 1. The minimum absolute atomic E-state index is 0.147. The molecule has 2 unspecified atom stereocenters. The molecule has 2 aliphatic rings. The molecule has 1 aliphatic carbocycles. The van der Waals surface area contributed by atoms with Crippen LogP contribution in [0.3, 0.4) is 0 Å². The topological polar surface area (TPSA) is 49.4 Å². The Balaban J connectivity index is 1.83. The van der Waals surface area contributed by atoms with E-state index in [0.717, 1.165) is 30.7 Å². The van der Waals surface area contributed by atoms with Gasteiger partial charge in [-0.25, -0.2) is 0 Å². The summed E-state index contributed by atoms with van der Waals surface area (Å²) in [5, 5.41) is 2.01. The Morgan fingerprint density at radius 2 is 1.65 bits per heavy atom. The van der Waals surface area contributed by atoms with Crippen LogP contribution in [0.2, 0.25) is 10.0 Å². The van der Waals surface area contributed by atoms with Crippen LogP contribution in [0.1, 0.15) is 25.7 Å². The van der Waals surface area contributed by atoms with E-state index in [4.69, 9.17) is 23.2 Å². The summed E-state index contributed by atoms with van der Waals surface area (Å²) in [5.41, 5.74) is 3.35. The summed E-state index contributed by atoms with van der Waals surface area (Å²) >= 11 is 11.9. The van der Waals surface area contributed by atoms with E-state index in [1.165, 1.54) is 0 Å². The van der Waals surface area contributed by atoms with Crippen LogP contribution in [0.4, 0.5) is 5.69 Å². The van der Waals surface area contributed by atoms with Crippen LogP contribution < -0.4 is 5.43 Å². The lowest BCUT2D eigenvalue weighted by molar-refractivity contribution is -0.138. The number of hydrogen-bond donors (Lipinski definition) is 1. The highest BCUT2D eigenvalue weighted by Gasteiger charge is 2.48. The molecule has 1 saturated heterocycles. The van der Waals surface area contributed by atoms with Crippen LogP contribution in [0.15, 0.2) is 18.2 Å². The third kappa shape index (κ3) is 2.27. The molecule has 6 heteroatoms. The van der Waals surface area contributed by atoms with Gasteiger partial charge in [-0.3, -0.25) is 15.0 Å². The number of benzene rings is 1. The van der Waals surface area contributed by atoms with E-state index in [0.29, 0.717) is 15.7 Å². The zero-order valence-corrected chi connectivity index (χ0v) is 12.2. The molecule has 2 fully saturated rings. The van der Waals surface area contributed by atoms with Gasteiger partial charge < -0.3 is 0 Å². The summed E-state index contributed by atoms with van der Waals surface area (Å²) in [6.45, 7) is 0. The Bertz CT molecular complexity index is 552. The number of rotatable bonds is 2. The molecule has 4 nitrogen and oxygen atoms in total. The van der Waals surface area contributed by atoms with Crippen molar-refractivity contribution in [1.82, 2.24) is 5.01 Å². The Hall–Kier alpha value is -1.26. The number of anilines is 1.